The molecule has 2 rings (SSSR count). The molecule has 5 nitrogen and oxygen atoms in total. The van der Waals surface area contributed by atoms with Gasteiger partial charge in [0, 0.05) is 38.8 Å². The first-order chi connectivity index (χ1) is 9.20. The van der Waals surface area contributed by atoms with Crippen LogP contribution in [0.3, 0.4) is 0 Å². The highest BCUT2D eigenvalue weighted by Gasteiger charge is 2.25. The molecule has 0 aromatic carbocycles. The van der Waals surface area contributed by atoms with E-state index in [-0.39, 0.29) is 5.91 Å². The third-order valence-corrected chi connectivity index (χ3v) is 4.30. The summed E-state index contributed by atoms with van der Waals surface area (Å²) in [6, 6.07) is 0.644. The van der Waals surface area contributed by atoms with Gasteiger partial charge in [0.2, 0.25) is 5.91 Å². The zero-order valence-corrected chi connectivity index (χ0v) is 12.4. The fourth-order valence-electron chi connectivity index (χ4n) is 3.19. The maximum Gasteiger partial charge on any atom is 0.236 e. The zero-order valence-electron chi connectivity index (χ0n) is 12.4. The first-order valence-electron chi connectivity index (χ1n) is 7.61. The van der Waals surface area contributed by atoms with Gasteiger partial charge in [0.1, 0.15) is 0 Å². The van der Waals surface area contributed by atoms with Gasteiger partial charge >= 0.3 is 0 Å². The number of hydrogen-bond acceptors (Lipinski definition) is 4. The monoisotopic (exact) mass is 268 g/mol. The van der Waals surface area contributed by atoms with Crippen LogP contribution in [0, 0.1) is 0 Å². The van der Waals surface area contributed by atoms with Gasteiger partial charge in [-0.25, -0.2) is 0 Å². The first-order valence-corrected chi connectivity index (χ1v) is 7.61. The second-order valence-corrected chi connectivity index (χ2v) is 5.75. The Labute approximate surface area is 116 Å². The van der Waals surface area contributed by atoms with E-state index in [1.165, 1.54) is 19.4 Å². The maximum absolute atomic E-state index is 12.2. The van der Waals surface area contributed by atoms with Crippen LogP contribution >= 0.6 is 0 Å². The third kappa shape index (κ3) is 4.16. The average molecular weight is 268 g/mol. The van der Waals surface area contributed by atoms with E-state index in [4.69, 9.17) is 0 Å². The molecule has 1 N–H and O–H groups in total. The van der Waals surface area contributed by atoms with Gasteiger partial charge in [-0.1, -0.05) is 6.92 Å². The van der Waals surface area contributed by atoms with E-state index in [9.17, 15) is 4.79 Å². The quantitative estimate of drug-likeness (QED) is 0.752. The number of carbonyl (C=O) groups excluding carboxylic acids is 1. The Morgan fingerprint density at radius 2 is 2.05 bits per heavy atom. The Kier molecular flexibility index (Phi) is 5.60. The number of nitrogens with zero attached hydrogens (tertiary/aromatic N) is 3. The normalized spacial score (nSPS) is 25.2. The lowest BCUT2D eigenvalue weighted by molar-refractivity contribution is -0.132. The topological polar surface area (TPSA) is 38.8 Å². The van der Waals surface area contributed by atoms with Crippen LogP contribution in [-0.2, 0) is 4.79 Å². The summed E-state index contributed by atoms with van der Waals surface area (Å²) in [5.74, 6) is 0.282. The van der Waals surface area contributed by atoms with Crippen LogP contribution in [0.15, 0.2) is 0 Å². The largest absolute Gasteiger partial charge is 0.339 e. The Balaban J connectivity index is 1.73. The van der Waals surface area contributed by atoms with Crippen molar-refractivity contribution >= 4 is 5.91 Å². The molecule has 0 aliphatic carbocycles. The standard InChI is InChI=1S/C14H28N4O/c1-3-17-8-4-5-13(17)11-16(2)12-14(19)18-9-6-15-7-10-18/h13,15H,3-12H2,1-2H3. The summed E-state index contributed by atoms with van der Waals surface area (Å²) >= 11 is 0. The summed E-state index contributed by atoms with van der Waals surface area (Å²) < 4.78 is 0. The summed E-state index contributed by atoms with van der Waals surface area (Å²) in [4.78, 5) is 18.9. The van der Waals surface area contributed by atoms with Crippen LogP contribution in [-0.4, -0.2) is 86.1 Å². The fraction of sp³-hybridized carbons (Fsp3) is 0.929. The molecule has 5 heteroatoms. The lowest BCUT2D eigenvalue weighted by Gasteiger charge is -2.31. The second-order valence-electron chi connectivity index (χ2n) is 5.75. The average Bonchev–Trinajstić information content (AvgIpc) is 2.86. The molecule has 1 unspecified atom stereocenters. The van der Waals surface area contributed by atoms with Crippen molar-refractivity contribution < 1.29 is 4.79 Å². The summed E-state index contributed by atoms with van der Waals surface area (Å²) in [6.07, 6.45) is 2.58. The molecule has 2 fully saturated rings. The minimum Gasteiger partial charge on any atom is -0.339 e. The Bertz CT molecular complexity index is 291. The van der Waals surface area contributed by atoms with Crippen molar-refractivity contribution in [1.29, 1.82) is 0 Å². The van der Waals surface area contributed by atoms with Crippen LogP contribution in [0.1, 0.15) is 19.8 Å². The van der Waals surface area contributed by atoms with Gasteiger partial charge in [-0.15, -0.1) is 0 Å². The van der Waals surface area contributed by atoms with E-state index in [0.717, 1.165) is 39.3 Å². The number of piperazine rings is 1. The fourth-order valence-corrected chi connectivity index (χ4v) is 3.19. The van der Waals surface area contributed by atoms with Gasteiger partial charge in [-0.2, -0.15) is 0 Å². The molecular formula is C14H28N4O. The smallest absolute Gasteiger partial charge is 0.236 e. The predicted octanol–water partition coefficient (Wildman–Crippen LogP) is -0.166. The van der Waals surface area contributed by atoms with Crippen molar-refractivity contribution in [2.45, 2.75) is 25.8 Å². The number of amides is 1. The maximum atomic E-state index is 12.2. The van der Waals surface area contributed by atoms with Crippen molar-refractivity contribution in [3.8, 4) is 0 Å². The summed E-state index contributed by atoms with van der Waals surface area (Å²) in [5.41, 5.74) is 0. The van der Waals surface area contributed by atoms with Crippen LogP contribution in [0.4, 0.5) is 0 Å². The molecule has 0 bridgehead atoms. The first kappa shape index (κ1) is 14.8. The molecular weight excluding hydrogens is 240 g/mol. The molecule has 1 atom stereocenters. The summed E-state index contributed by atoms with van der Waals surface area (Å²) in [7, 11) is 2.08. The highest BCUT2D eigenvalue weighted by Crippen LogP contribution is 2.17. The number of likely N-dealkylation sites (N-methyl/N-ethyl adjacent to an activating group) is 2. The zero-order chi connectivity index (χ0) is 13.7. The number of rotatable bonds is 5. The van der Waals surface area contributed by atoms with E-state index in [2.05, 4.69) is 29.1 Å². The molecule has 0 radical (unpaired) electrons. The van der Waals surface area contributed by atoms with E-state index in [1.54, 1.807) is 0 Å². The SMILES string of the molecule is CCN1CCCC1CN(C)CC(=O)N1CCNCC1. The third-order valence-electron chi connectivity index (χ3n) is 4.30. The molecule has 19 heavy (non-hydrogen) atoms. The van der Waals surface area contributed by atoms with Gasteiger partial charge in [0.05, 0.1) is 6.54 Å². The van der Waals surface area contributed by atoms with Crippen molar-refractivity contribution in [3.05, 3.63) is 0 Å². The Morgan fingerprint density at radius 1 is 1.32 bits per heavy atom. The van der Waals surface area contributed by atoms with E-state index >= 15 is 0 Å². The summed E-state index contributed by atoms with van der Waals surface area (Å²) in [6.45, 7) is 9.74. The van der Waals surface area contributed by atoms with Crippen molar-refractivity contribution in [2.24, 2.45) is 0 Å². The molecule has 2 aliphatic heterocycles. The lowest BCUT2D eigenvalue weighted by atomic mass is 10.2. The molecule has 0 aromatic rings. The van der Waals surface area contributed by atoms with Crippen molar-refractivity contribution in [1.82, 2.24) is 20.0 Å². The molecule has 2 aliphatic rings. The second kappa shape index (κ2) is 7.22. The minimum atomic E-state index is 0.282. The van der Waals surface area contributed by atoms with Gasteiger partial charge in [0.15, 0.2) is 0 Å². The van der Waals surface area contributed by atoms with Crippen LogP contribution in [0.25, 0.3) is 0 Å². The van der Waals surface area contributed by atoms with Crippen molar-refractivity contribution in [2.75, 3.05) is 59.4 Å². The molecule has 2 saturated heterocycles. The van der Waals surface area contributed by atoms with Gasteiger partial charge in [-0.05, 0) is 33.0 Å². The number of hydrogen-bond donors (Lipinski definition) is 1. The molecule has 110 valence electrons. The highest BCUT2D eigenvalue weighted by atomic mass is 16.2. The molecule has 0 aromatic heterocycles. The van der Waals surface area contributed by atoms with Crippen LogP contribution in [0.2, 0.25) is 0 Å². The van der Waals surface area contributed by atoms with Crippen molar-refractivity contribution in [3.63, 3.8) is 0 Å². The molecule has 0 saturated carbocycles. The van der Waals surface area contributed by atoms with Gasteiger partial charge < -0.3 is 10.2 Å². The molecule has 0 spiro atoms. The number of likely N-dealkylation sites (tertiary alicyclic amines) is 1. The predicted molar refractivity (Wildman–Crippen MR) is 77.2 cm³/mol. The lowest BCUT2D eigenvalue weighted by Crippen LogP contribution is -2.50. The highest BCUT2D eigenvalue weighted by molar-refractivity contribution is 5.78. The molecule has 1 amide bonds. The van der Waals surface area contributed by atoms with E-state index < -0.39 is 0 Å². The van der Waals surface area contributed by atoms with E-state index in [1.807, 2.05) is 4.90 Å². The van der Waals surface area contributed by atoms with Crippen LogP contribution in [0.5, 0.6) is 0 Å². The Hall–Kier alpha value is -0.650. The van der Waals surface area contributed by atoms with Crippen LogP contribution < -0.4 is 5.32 Å². The number of carbonyl (C=O) groups is 1. The Morgan fingerprint density at radius 3 is 2.74 bits per heavy atom. The van der Waals surface area contributed by atoms with E-state index in [0.29, 0.717) is 12.6 Å². The minimum absolute atomic E-state index is 0.282. The van der Waals surface area contributed by atoms with Gasteiger partial charge in [0.25, 0.3) is 0 Å². The summed E-state index contributed by atoms with van der Waals surface area (Å²) in [5, 5.41) is 3.28. The molecule has 2 heterocycles. The van der Waals surface area contributed by atoms with Gasteiger partial charge in [-0.3, -0.25) is 14.6 Å². The number of nitrogens with one attached hydrogen (secondary N) is 1.